The molecule has 0 unspecified atom stereocenters. The summed E-state index contributed by atoms with van der Waals surface area (Å²) in [6.07, 6.45) is 0.946. The Hall–Kier alpha value is -0.350. The summed E-state index contributed by atoms with van der Waals surface area (Å²) in [5.74, 6) is 0. The third-order valence-electron chi connectivity index (χ3n) is 2.46. The molecule has 0 aliphatic carbocycles. The summed E-state index contributed by atoms with van der Waals surface area (Å²) < 4.78 is 3.04. The molecule has 0 aliphatic rings. The molecule has 2 N–H and O–H groups in total. The van der Waals surface area contributed by atoms with Gasteiger partial charge in [-0.3, -0.25) is 4.68 Å². The van der Waals surface area contributed by atoms with Crippen molar-refractivity contribution in [1.82, 2.24) is 9.78 Å². The largest absolute Gasteiger partial charge is 0.330 e. The summed E-state index contributed by atoms with van der Waals surface area (Å²) in [6.45, 7) is 7.02. The van der Waals surface area contributed by atoms with E-state index in [1.807, 2.05) is 18.7 Å². The molecule has 0 radical (unpaired) electrons. The summed E-state index contributed by atoms with van der Waals surface area (Å²) in [6, 6.07) is 0. The topological polar surface area (TPSA) is 43.8 Å². The van der Waals surface area contributed by atoms with Gasteiger partial charge in [0.15, 0.2) is 0 Å². The molecule has 0 bridgehead atoms. The van der Waals surface area contributed by atoms with Crippen LogP contribution in [0, 0.1) is 12.3 Å². The van der Waals surface area contributed by atoms with Crippen LogP contribution in [0.15, 0.2) is 4.47 Å². The number of halogens is 1. The Balaban J connectivity index is 2.97. The van der Waals surface area contributed by atoms with E-state index >= 15 is 0 Å². The zero-order valence-corrected chi connectivity index (χ0v) is 10.8. The average molecular weight is 260 g/mol. The normalized spacial score (nSPS) is 12.1. The lowest BCUT2D eigenvalue weighted by Gasteiger charge is -2.22. The smallest absolute Gasteiger partial charge is 0.0738 e. The average Bonchev–Trinajstić information content (AvgIpc) is 2.32. The third kappa shape index (κ3) is 2.36. The van der Waals surface area contributed by atoms with E-state index < -0.39 is 0 Å². The molecule has 0 saturated heterocycles. The Morgan fingerprint density at radius 3 is 2.43 bits per heavy atom. The van der Waals surface area contributed by atoms with Gasteiger partial charge in [0.2, 0.25) is 0 Å². The van der Waals surface area contributed by atoms with Crippen molar-refractivity contribution in [3.8, 4) is 0 Å². The van der Waals surface area contributed by atoms with Crippen LogP contribution >= 0.6 is 15.9 Å². The highest BCUT2D eigenvalue weighted by molar-refractivity contribution is 9.10. The molecule has 14 heavy (non-hydrogen) atoms. The number of rotatable bonds is 3. The van der Waals surface area contributed by atoms with Gasteiger partial charge < -0.3 is 5.73 Å². The summed E-state index contributed by atoms with van der Waals surface area (Å²) in [5.41, 5.74) is 8.10. The molecule has 0 atom stereocenters. The lowest BCUT2D eigenvalue weighted by Crippen LogP contribution is -2.27. The predicted molar refractivity (Wildman–Crippen MR) is 62.2 cm³/mol. The first kappa shape index (κ1) is 11.7. The molecular weight excluding hydrogens is 242 g/mol. The molecular formula is C10H18BrN3. The van der Waals surface area contributed by atoms with Crippen LogP contribution in [0.1, 0.15) is 25.2 Å². The first-order valence-corrected chi connectivity index (χ1v) is 5.55. The first-order chi connectivity index (χ1) is 6.37. The molecule has 1 rings (SSSR count). The van der Waals surface area contributed by atoms with E-state index in [1.54, 1.807) is 0 Å². The first-order valence-electron chi connectivity index (χ1n) is 4.75. The highest BCUT2D eigenvalue weighted by Crippen LogP contribution is 2.27. The van der Waals surface area contributed by atoms with Crippen LogP contribution in [0.4, 0.5) is 0 Å². The molecule has 0 saturated carbocycles. The second-order valence-corrected chi connectivity index (χ2v) is 5.31. The van der Waals surface area contributed by atoms with Crippen LogP contribution in [0.5, 0.6) is 0 Å². The second kappa shape index (κ2) is 4.03. The molecule has 0 aliphatic heterocycles. The summed E-state index contributed by atoms with van der Waals surface area (Å²) in [5, 5.41) is 4.36. The van der Waals surface area contributed by atoms with Gasteiger partial charge in [0.1, 0.15) is 0 Å². The number of nitrogens with zero attached hydrogens (tertiary/aromatic N) is 2. The van der Waals surface area contributed by atoms with Crippen molar-refractivity contribution < 1.29 is 0 Å². The van der Waals surface area contributed by atoms with Gasteiger partial charge in [0.25, 0.3) is 0 Å². The molecule has 1 aromatic rings. The number of hydrogen-bond acceptors (Lipinski definition) is 2. The lowest BCUT2D eigenvalue weighted by molar-refractivity contribution is 0.365. The zero-order chi connectivity index (χ0) is 10.9. The molecule has 0 amide bonds. The SMILES string of the molecule is Cc1nn(C)c(CC(C)(C)CN)c1Br. The number of nitrogens with two attached hydrogens (primary N) is 1. The third-order valence-corrected chi connectivity index (χ3v) is 3.49. The Kier molecular flexibility index (Phi) is 3.37. The van der Waals surface area contributed by atoms with Crippen LogP contribution in [0.2, 0.25) is 0 Å². The minimum Gasteiger partial charge on any atom is -0.330 e. The van der Waals surface area contributed by atoms with E-state index in [1.165, 1.54) is 5.69 Å². The van der Waals surface area contributed by atoms with Crippen LogP contribution < -0.4 is 5.73 Å². The number of aromatic nitrogens is 2. The Bertz CT molecular complexity index is 328. The van der Waals surface area contributed by atoms with Crippen molar-refractivity contribution in [1.29, 1.82) is 0 Å². The molecule has 0 aromatic carbocycles. The maximum absolute atomic E-state index is 5.72. The van der Waals surface area contributed by atoms with Crippen LogP contribution in [0.3, 0.4) is 0 Å². The van der Waals surface area contributed by atoms with E-state index in [0.717, 1.165) is 16.6 Å². The quantitative estimate of drug-likeness (QED) is 0.903. The Labute approximate surface area is 93.8 Å². The monoisotopic (exact) mass is 259 g/mol. The zero-order valence-electron chi connectivity index (χ0n) is 9.26. The van der Waals surface area contributed by atoms with Gasteiger partial charge in [-0.1, -0.05) is 13.8 Å². The highest BCUT2D eigenvalue weighted by atomic mass is 79.9. The molecule has 0 fully saturated rings. The van der Waals surface area contributed by atoms with Gasteiger partial charge in [-0.25, -0.2) is 0 Å². The summed E-state index contributed by atoms with van der Waals surface area (Å²) >= 11 is 3.56. The minimum absolute atomic E-state index is 0.128. The number of aryl methyl sites for hydroxylation is 2. The molecule has 1 aromatic heterocycles. The van der Waals surface area contributed by atoms with Crippen molar-refractivity contribution in [3.05, 3.63) is 15.9 Å². The van der Waals surface area contributed by atoms with E-state index in [-0.39, 0.29) is 5.41 Å². The fourth-order valence-corrected chi connectivity index (χ4v) is 1.87. The fourth-order valence-electron chi connectivity index (χ4n) is 1.40. The van der Waals surface area contributed by atoms with Gasteiger partial charge in [0.05, 0.1) is 15.9 Å². The molecule has 80 valence electrons. The fraction of sp³-hybridized carbons (Fsp3) is 0.700. The van der Waals surface area contributed by atoms with Crippen molar-refractivity contribution in [2.45, 2.75) is 27.2 Å². The van der Waals surface area contributed by atoms with Gasteiger partial charge in [-0.05, 0) is 41.2 Å². The maximum atomic E-state index is 5.72. The van der Waals surface area contributed by atoms with Gasteiger partial charge in [-0.2, -0.15) is 5.10 Å². The van der Waals surface area contributed by atoms with E-state index in [0.29, 0.717) is 6.54 Å². The highest BCUT2D eigenvalue weighted by Gasteiger charge is 2.21. The molecule has 0 spiro atoms. The van der Waals surface area contributed by atoms with E-state index in [9.17, 15) is 0 Å². The summed E-state index contributed by atoms with van der Waals surface area (Å²) in [7, 11) is 1.97. The van der Waals surface area contributed by atoms with Gasteiger partial charge in [-0.15, -0.1) is 0 Å². The molecule has 1 heterocycles. The van der Waals surface area contributed by atoms with Gasteiger partial charge in [0, 0.05) is 7.05 Å². The predicted octanol–water partition coefficient (Wildman–Crippen LogP) is 2.02. The second-order valence-electron chi connectivity index (χ2n) is 4.51. The number of hydrogen-bond donors (Lipinski definition) is 1. The van der Waals surface area contributed by atoms with E-state index in [4.69, 9.17) is 5.73 Å². The standard InChI is InChI=1S/C10H18BrN3/c1-7-9(11)8(14(4)13-7)5-10(2,3)6-12/h5-6,12H2,1-4H3. The Morgan fingerprint density at radius 2 is 2.07 bits per heavy atom. The molecule has 3 nitrogen and oxygen atoms in total. The summed E-state index contributed by atoms with van der Waals surface area (Å²) in [4.78, 5) is 0. The lowest BCUT2D eigenvalue weighted by atomic mass is 9.88. The minimum atomic E-state index is 0.128. The van der Waals surface area contributed by atoms with E-state index in [2.05, 4.69) is 34.9 Å². The van der Waals surface area contributed by atoms with Crippen molar-refractivity contribution >= 4 is 15.9 Å². The van der Waals surface area contributed by atoms with Crippen LogP contribution in [-0.4, -0.2) is 16.3 Å². The molecule has 4 heteroatoms. The van der Waals surface area contributed by atoms with Crippen molar-refractivity contribution in [2.75, 3.05) is 6.54 Å². The Morgan fingerprint density at radius 1 is 1.50 bits per heavy atom. The van der Waals surface area contributed by atoms with Crippen molar-refractivity contribution in [3.63, 3.8) is 0 Å². The van der Waals surface area contributed by atoms with Crippen molar-refractivity contribution in [2.24, 2.45) is 18.2 Å². The maximum Gasteiger partial charge on any atom is 0.0738 e. The van der Waals surface area contributed by atoms with Crippen LogP contribution in [0.25, 0.3) is 0 Å². The van der Waals surface area contributed by atoms with Gasteiger partial charge >= 0.3 is 0 Å². The van der Waals surface area contributed by atoms with Crippen LogP contribution in [-0.2, 0) is 13.5 Å².